The molecule has 0 spiro atoms. The number of imidazole rings is 1. The average molecular weight is 326 g/mol. The van der Waals surface area contributed by atoms with Crippen LogP contribution in [0.25, 0.3) is 0 Å². The second-order valence-corrected chi connectivity index (χ2v) is 5.77. The normalized spacial score (nSPS) is 12.2. The van der Waals surface area contributed by atoms with Crippen LogP contribution in [0, 0.1) is 12.7 Å². The van der Waals surface area contributed by atoms with Crippen LogP contribution in [-0.2, 0) is 14.1 Å². The van der Waals surface area contributed by atoms with Gasteiger partial charge >= 0.3 is 0 Å². The van der Waals surface area contributed by atoms with Gasteiger partial charge in [0, 0.05) is 32.2 Å². The first kappa shape index (κ1) is 16.0. The van der Waals surface area contributed by atoms with E-state index in [4.69, 9.17) is 0 Å². The van der Waals surface area contributed by atoms with E-state index < -0.39 is 6.04 Å². The van der Waals surface area contributed by atoms with Crippen LogP contribution in [0.4, 0.5) is 4.39 Å². The molecule has 3 aromatic rings. The molecule has 0 bridgehead atoms. The molecular weight excluding hydrogens is 307 g/mol. The Morgan fingerprint density at radius 2 is 1.88 bits per heavy atom. The largest absolute Gasteiger partial charge is 0.344 e. The van der Waals surface area contributed by atoms with Crippen molar-refractivity contribution in [3.8, 4) is 0 Å². The highest BCUT2D eigenvalue weighted by atomic mass is 19.1. The maximum Gasteiger partial charge on any atom is 0.268 e. The lowest BCUT2D eigenvalue weighted by molar-refractivity contribution is 0.0932. The molecule has 0 aliphatic rings. The Labute approximate surface area is 139 Å². The Kier molecular flexibility index (Phi) is 4.20. The molecule has 6 heteroatoms. The molecule has 1 N–H and O–H groups in total. The summed E-state index contributed by atoms with van der Waals surface area (Å²) in [5.41, 5.74) is 2.33. The van der Waals surface area contributed by atoms with E-state index in [0.717, 1.165) is 11.3 Å². The number of halogens is 1. The fourth-order valence-corrected chi connectivity index (χ4v) is 2.65. The summed E-state index contributed by atoms with van der Waals surface area (Å²) in [6.07, 6.45) is 3.48. The first-order valence-electron chi connectivity index (χ1n) is 7.63. The number of carbonyl (C=O) groups excluding carboxylic acids is 1. The summed E-state index contributed by atoms with van der Waals surface area (Å²) in [4.78, 5) is 17.0. The number of nitrogens with zero attached hydrogens (tertiary/aromatic N) is 3. The molecule has 2 heterocycles. The summed E-state index contributed by atoms with van der Waals surface area (Å²) in [5, 5.41) is 3.00. The van der Waals surface area contributed by atoms with Gasteiger partial charge in [-0.05, 0) is 36.8 Å². The lowest BCUT2D eigenvalue weighted by atomic mass is 10.1. The fourth-order valence-electron chi connectivity index (χ4n) is 2.65. The van der Waals surface area contributed by atoms with Gasteiger partial charge in [0.2, 0.25) is 0 Å². The molecule has 3 rings (SSSR count). The first-order valence-corrected chi connectivity index (χ1v) is 7.63. The predicted molar refractivity (Wildman–Crippen MR) is 89.1 cm³/mol. The summed E-state index contributed by atoms with van der Waals surface area (Å²) in [7, 11) is 3.70. The van der Waals surface area contributed by atoms with Crippen LogP contribution in [0.3, 0.4) is 0 Å². The SMILES string of the molecule is Cc1ccc(C(=O)N[C@H](c2ccc(F)cc2)c2nccn2C)n1C. The Balaban J connectivity index is 1.96. The van der Waals surface area contributed by atoms with Crippen molar-refractivity contribution in [2.24, 2.45) is 14.1 Å². The van der Waals surface area contributed by atoms with E-state index in [2.05, 4.69) is 10.3 Å². The van der Waals surface area contributed by atoms with Crippen molar-refractivity contribution >= 4 is 5.91 Å². The molecule has 1 aromatic carbocycles. The van der Waals surface area contributed by atoms with Crippen molar-refractivity contribution < 1.29 is 9.18 Å². The molecule has 0 radical (unpaired) electrons. The van der Waals surface area contributed by atoms with E-state index in [1.807, 2.05) is 42.4 Å². The smallest absolute Gasteiger partial charge is 0.268 e. The number of aryl methyl sites for hydroxylation is 2. The van der Waals surface area contributed by atoms with Crippen molar-refractivity contribution in [2.45, 2.75) is 13.0 Å². The van der Waals surface area contributed by atoms with Crippen LogP contribution in [0.1, 0.15) is 33.6 Å². The topological polar surface area (TPSA) is 51.9 Å². The standard InChI is InChI=1S/C18H19FN4O/c1-12-4-9-15(23(12)3)18(24)21-16(17-20-10-11-22(17)2)13-5-7-14(19)8-6-13/h4-11,16H,1-3H3,(H,21,24)/t16-/m1/s1. The molecule has 0 saturated heterocycles. The van der Waals surface area contributed by atoms with Gasteiger partial charge in [0.05, 0.1) is 0 Å². The summed E-state index contributed by atoms with van der Waals surface area (Å²) in [5.74, 6) is 0.158. The Morgan fingerprint density at radius 3 is 2.42 bits per heavy atom. The second kappa shape index (κ2) is 6.31. The second-order valence-electron chi connectivity index (χ2n) is 5.77. The van der Waals surface area contributed by atoms with Crippen molar-refractivity contribution in [3.63, 3.8) is 0 Å². The molecule has 1 amide bonds. The number of carbonyl (C=O) groups is 1. The lowest BCUT2D eigenvalue weighted by Crippen LogP contribution is -2.32. The molecule has 2 aromatic heterocycles. The van der Waals surface area contributed by atoms with Crippen LogP contribution in [0.2, 0.25) is 0 Å². The maximum absolute atomic E-state index is 13.2. The summed E-state index contributed by atoms with van der Waals surface area (Å²) in [6, 6.07) is 9.28. The third kappa shape index (κ3) is 2.95. The zero-order valence-corrected chi connectivity index (χ0v) is 13.8. The average Bonchev–Trinajstić information content (AvgIpc) is 3.12. The highest BCUT2D eigenvalue weighted by Gasteiger charge is 2.22. The molecule has 5 nitrogen and oxygen atoms in total. The molecule has 0 unspecified atom stereocenters. The van der Waals surface area contributed by atoms with Gasteiger partial charge in [-0.15, -0.1) is 0 Å². The summed E-state index contributed by atoms with van der Waals surface area (Å²) < 4.78 is 16.9. The summed E-state index contributed by atoms with van der Waals surface area (Å²) >= 11 is 0. The molecule has 0 fully saturated rings. The number of nitrogens with one attached hydrogen (secondary N) is 1. The van der Waals surface area contributed by atoms with Gasteiger partial charge in [-0.2, -0.15) is 0 Å². The van der Waals surface area contributed by atoms with E-state index in [0.29, 0.717) is 11.5 Å². The molecular formula is C18H19FN4O. The number of amides is 1. The van der Waals surface area contributed by atoms with E-state index >= 15 is 0 Å². The van der Waals surface area contributed by atoms with Gasteiger partial charge < -0.3 is 14.5 Å². The van der Waals surface area contributed by atoms with Gasteiger partial charge in [-0.1, -0.05) is 12.1 Å². The van der Waals surface area contributed by atoms with Gasteiger partial charge in [-0.25, -0.2) is 9.37 Å². The molecule has 0 aliphatic carbocycles. The van der Waals surface area contributed by atoms with Gasteiger partial charge in [-0.3, -0.25) is 4.79 Å². The van der Waals surface area contributed by atoms with Crippen LogP contribution in [0.15, 0.2) is 48.8 Å². The number of benzene rings is 1. The number of rotatable bonds is 4. The zero-order valence-electron chi connectivity index (χ0n) is 13.8. The quantitative estimate of drug-likeness (QED) is 0.801. The van der Waals surface area contributed by atoms with Crippen LogP contribution in [-0.4, -0.2) is 20.0 Å². The van der Waals surface area contributed by atoms with E-state index in [9.17, 15) is 9.18 Å². The van der Waals surface area contributed by atoms with Crippen molar-refractivity contribution in [1.82, 2.24) is 19.4 Å². The highest BCUT2D eigenvalue weighted by Crippen LogP contribution is 2.21. The first-order chi connectivity index (χ1) is 11.5. The molecule has 0 saturated carbocycles. The van der Waals surface area contributed by atoms with Gasteiger partial charge in [0.25, 0.3) is 5.91 Å². The minimum absolute atomic E-state index is 0.206. The lowest BCUT2D eigenvalue weighted by Gasteiger charge is -2.19. The molecule has 124 valence electrons. The maximum atomic E-state index is 13.2. The fraction of sp³-hybridized carbons (Fsp3) is 0.222. The van der Waals surface area contributed by atoms with E-state index in [-0.39, 0.29) is 11.7 Å². The van der Waals surface area contributed by atoms with Crippen molar-refractivity contribution in [1.29, 1.82) is 0 Å². The van der Waals surface area contributed by atoms with E-state index in [1.165, 1.54) is 12.1 Å². The number of hydrogen-bond acceptors (Lipinski definition) is 2. The van der Waals surface area contributed by atoms with Crippen LogP contribution >= 0.6 is 0 Å². The Morgan fingerprint density at radius 1 is 1.17 bits per heavy atom. The van der Waals surface area contributed by atoms with E-state index in [1.54, 1.807) is 24.4 Å². The third-order valence-corrected chi connectivity index (χ3v) is 4.20. The molecule has 1 atom stereocenters. The van der Waals surface area contributed by atoms with Crippen molar-refractivity contribution in [2.75, 3.05) is 0 Å². The minimum Gasteiger partial charge on any atom is -0.344 e. The van der Waals surface area contributed by atoms with Crippen LogP contribution < -0.4 is 5.32 Å². The molecule has 24 heavy (non-hydrogen) atoms. The van der Waals surface area contributed by atoms with Crippen LogP contribution in [0.5, 0.6) is 0 Å². The number of hydrogen-bond donors (Lipinski definition) is 1. The third-order valence-electron chi connectivity index (χ3n) is 4.20. The predicted octanol–water partition coefficient (Wildman–Crippen LogP) is 2.73. The van der Waals surface area contributed by atoms with Gasteiger partial charge in [0.15, 0.2) is 0 Å². The molecule has 0 aliphatic heterocycles. The summed E-state index contributed by atoms with van der Waals surface area (Å²) in [6.45, 7) is 1.94. The monoisotopic (exact) mass is 326 g/mol. The van der Waals surface area contributed by atoms with Gasteiger partial charge in [0.1, 0.15) is 23.4 Å². The highest BCUT2D eigenvalue weighted by molar-refractivity contribution is 5.93. The van der Waals surface area contributed by atoms with Crippen molar-refractivity contribution in [3.05, 3.63) is 77.4 Å². The minimum atomic E-state index is -0.465. The zero-order chi connectivity index (χ0) is 17.3. The number of aromatic nitrogens is 3. The Hall–Kier alpha value is -2.89. The Bertz CT molecular complexity index is 864.